The van der Waals surface area contributed by atoms with Crippen molar-refractivity contribution in [1.82, 2.24) is 29.8 Å². The summed E-state index contributed by atoms with van der Waals surface area (Å²) in [7, 11) is 1.91. The minimum absolute atomic E-state index is 0.162. The second-order valence-corrected chi connectivity index (χ2v) is 8.25. The molecule has 1 aliphatic rings. The Morgan fingerprint density at radius 3 is 2.84 bits per heavy atom. The summed E-state index contributed by atoms with van der Waals surface area (Å²) >= 11 is 0. The van der Waals surface area contributed by atoms with Crippen LogP contribution in [0.3, 0.4) is 0 Å². The molecule has 0 spiro atoms. The molecule has 8 nitrogen and oxygen atoms in total. The van der Waals surface area contributed by atoms with Crippen molar-refractivity contribution < 1.29 is 9.18 Å². The van der Waals surface area contributed by atoms with Gasteiger partial charge in [0.05, 0.1) is 5.69 Å². The average molecular weight is 433 g/mol. The number of nitrogens with one attached hydrogen (secondary N) is 3. The third kappa shape index (κ3) is 4.18. The first-order valence-electron chi connectivity index (χ1n) is 10.7. The maximum Gasteiger partial charge on any atom is 0.272 e. The highest BCUT2D eigenvalue weighted by Gasteiger charge is 2.23. The van der Waals surface area contributed by atoms with Crippen LogP contribution in [0.5, 0.6) is 0 Å². The highest BCUT2D eigenvalue weighted by atomic mass is 19.1. The number of rotatable bonds is 6. The zero-order valence-electron chi connectivity index (χ0n) is 17.7. The van der Waals surface area contributed by atoms with E-state index in [1.807, 2.05) is 30.1 Å². The smallest absolute Gasteiger partial charge is 0.272 e. The molecule has 0 unspecified atom stereocenters. The normalized spacial score (nSPS) is 14.2. The minimum Gasteiger partial charge on any atom is -0.355 e. The molecule has 3 N–H and O–H groups in total. The molecule has 1 aromatic carbocycles. The van der Waals surface area contributed by atoms with Gasteiger partial charge in [0.15, 0.2) is 11.3 Å². The van der Waals surface area contributed by atoms with Gasteiger partial charge in [-0.25, -0.2) is 19.3 Å². The minimum atomic E-state index is -0.380. The number of imidazole rings is 1. The lowest BCUT2D eigenvalue weighted by molar-refractivity contribution is 0.0947. The van der Waals surface area contributed by atoms with Crippen LogP contribution in [0.25, 0.3) is 11.2 Å². The van der Waals surface area contributed by atoms with Crippen LogP contribution in [-0.2, 0) is 13.6 Å². The van der Waals surface area contributed by atoms with Crippen molar-refractivity contribution in [2.45, 2.75) is 38.1 Å². The predicted molar refractivity (Wildman–Crippen MR) is 119 cm³/mol. The lowest BCUT2D eigenvalue weighted by Crippen LogP contribution is -2.24. The number of halogens is 1. The first kappa shape index (κ1) is 20.2. The molecule has 1 saturated carbocycles. The lowest BCUT2D eigenvalue weighted by atomic mass is 10.1. The van der Waals surface area contributed by atoms with Crippen LogP contribution in [0, 0.1) is 5.82 Å². The Kier molecular flexibility index (Phi) is 5.30. The number of aromatic amines is 1. The number of nitrogens with zero attached hydrogens (tertiary/aromatic N) is 4. The Morgan fingerprint density at radius 1 is 1.22 bits per heavy atom. The van der Waals surface area contributed by atoms with E-state index in [1.165, 1.54) is 31.3 Å². The number of carbonyl (C=O) groups is 1. The number of H-pyrrole nitrogens is 1. The van der Waals surface area contributed by atoms with Gasteiger partial charge in [-0.05, 0) is 42.7 Å². The topological polar surface area (TPSA) is 101 Å². The van der Waals surface area contributed by atoms with E-state index in [-0.39, 0.29) is 24.0 Å². The van der Waals surface area contributed by atoms with Crippen LogP contribution >= 0.6 is 0 Å². The monoisotopic (exact) mass is 433 g/mol. The Balaban J connectivity index is 1.32. The van der Waals surface area contributed by atoms with Gasteiger partial charge in [-0.15, -0.1) is 0 Å². The molecule has 164 valence electrons. The lowest BCUT2D eigenvalue weighted by Gasteiger charge is -2.09. The number of amides is 1. The summed E-state index contributed by atoms with van der Waals surface area (Å²) in [4.78, 5) is 29.1. The molecule has 1 fully saturated rings. The van der Waals surface area contributed by atoms with Gasteiger partial charge in [0, 0.05) is 37.6 Å². The van der Waals surface area contributed by atoms with Gasteiger partial charge in [-0.3, -0.25) is 4.79 Å². The number of hydrogen-bond donors (Lipinski definition) is 3. The van der Waals surface area contributed by atoms with Gasteiger partial charge in [0.2, 0.25) is 0 Å². The van der Waals surface area contributed by atoms with E-state index >= 15 is 0 Å². The molecule has 0 radical (unpaired) electrons. The number of benzene rings is 1. The molecule has 32 heavy (non-hydrogen) atoms. The summed E-state index contributed by atoms with van der Waals surface area (Å²) in [6, 6.07) is 6.53. The molecule has 0 aliphatic heterocycles. The molecule has 1 amide bonds. The van der Waals surface area contributed by atoms with Crippen molar-refractivity contribution in [3.8, 4) is 0 Å². The average Bonchev–Trinajstić information content (AvgIpc) is 3.51. The van der Waals surface area contributed by atoms with Crippen molar-refractivity contribution in [1.29, 1.82) is 0 Å². The predicted octanol–water partition coefficient (Wildman–Crippen LogP) is 4.16. The molecule has 1 aliphatic carbocycles. The standard InChI is InChI=1S/C23H24FN7O/c1-31-7-6-17(12-31)28-18-9-14(8-16(24)10-18)11-25-23(32)20-19-22(27-13-26-20)30-21(29-19)15-4-2-3-5-15/h6-10,12-13,15,28H,2-5,11H2,1H3,(H,25,32)(H,26,27,29,30). The van der Waals surface area contributed by atoms with Crippen LogP contribution < -0.4 is 10.6 Å². The quantitative estimate of drug-likeness (QED) is 0.424. The first-order chi connectivity index (χ1) is 15.5. The summed E-state index contributed by atoms with van der Waals surface area (Å²) in [5, 5.41) is 6.00. The van der Waals surface area contributed by atoms with Gasteiger partial charge in [-0.1, -0.05) is 12.8 Å². The summed E-state index contributed by atoms with van der Waals surface area (Å²) in [5.74, 6) is 0.506. The highest BCUT2D eigenvalue weighted by molar-refractivity contribution is 6.02. The molecular formula is C23H24FN7O. The van der Waals surface area contributed by atoms with Crippen molar-refractivity contribution in [3.63, 3.8) is 0 Å². The number of aromatic nitrogens is 5. The van der Waals surface area contributed by atoms with Gasteiger partial charge >= 0.3 is 0 Å². The largest absolute Gasteiger partial charge is 0.355 e. The van der Waals surface area contributed by atoms with Crippen LogP contribution in [0.15, 0.2) is 43.0 Å². The van der Waals surface area contributed by atoms with Crippen molar-refractivity contribution in [2.24, 2.45) is 7.05 Å². The molecule has 4 aromatic rings. The van der Waals surface area contributed by atoms with E-state index in [0.717, 1.165) is 24.4 Å². The van der Waals surface area contributed by atoms with E-state index in [9.17, 15) is 9.18 Å². The zero-order valence-corrected chi connectivity index (χ0v) is 17.7. The van der Waals surface area contributed by atoms with Gasteiger partial charge < -0.3 is 20.2 Å². The van der Waals surface area contributed by atoms with Crippen LogP contribution in [-0.4, -0.2) is 30.4 Å². The van der Waals surface area contributed by atoms with Crippen molar-refractivity contribution in [2.75, 3.05) is 5.32 Å². The SMILES string of the molecule is Cn1ccc(Nc2cc(F)cc(CNC(=O)c3ncnc4nc(C5CCCC5)[nH]c34)c2)c1. The third-order valence-corrected chi connectivity index (χ3v) is 5.79. The fourth-order valence-corrected chi connectivity index (χ4v) is 4.25. The van der Waals surface area contributed by atoms with Crippen LogP contribution in [0.2, 0.25) is 0 Å². The van der Waals surface area contributed by atoms with Gasteiger partial charge in [-0.2, -0.15) is 0 Å². The Hall–Kier alpha value is -3.75. The molecule has 0 atom stereocenters. The van der Waals surface area contributed by atoms with Gasteiger partial charge in [0.1, 0.15) is 23.5 Å². The van der Waals surface area contributed by atoms with Crippen molar-refractivity contribution in [3.05, 3.63) is 65.9 Å². The fraction of sp³-hybridized carbons (Fsp3) is 0.304. The maximum atomic E-state index is 14.2. The van der Waals surface area contributed by atoms with Gasteiger partial charge in [0.25, 0.3) is 5.91 Å². The molecule has 0 saturated heterocycles. The molecule has 0 bridgehead atoms. The Bertz CT molecular complexity index is 1270. The molecular weight excluding hydrogens is 409 g/mol. The third-order valence-electron chi connectivity index (χ3n) is 5.79. The van der Waals surface area contributed by atoms with Crippen LogP contribution in [0.4, 0.5) is 15.8 Å². The maximum absolute atomic E-state index is 14.2. The summed E-state index contributed by atoms with van der Waals surface area (Å²) in [5.41, 5.74) is 3.38. The van der Waals surface area contributed by atoms with E-state index in [4.69, 9.17) is 0 Å². The molecule has 3 heterocycles. The van der Waals surface area contributed by atoms with E-state index in [2.05, 4.69) is 30.6 Å². The van der Waals surface area contributed by atoms with Crippen molar-refractivity contribution >= 4 is 28.4 Å². The highest BCUT2D eigenvalue weighted by Crippen LogP contribution is 2.33. The van der Waals surface area contributed by atoms with Crippen LogP contribution in [0.1, 0.15) is 53.5 Å². The van der Waals surface area contributed by atoms with E-state index in [1.54, 1.807) is 6.07 Å². The number of carbonyl (C=O) groups excluding carboxylic acids is 1. The number of fused-ring (bicyclic) bond motifs is 1. The Labute approximate surface area is 184 Å². The fourth-order valence-electron chi connectivity index (χ4n) is 4.25. The summed E-state index contributed by atoms with van der Waals surface area (Å²) in [6.07, 6.45) is 9.71. The number of aryl methyl sites for hydroxylation is 1. The molecule has 9 heteroatoms. The molecule has 3 aromatic heterocycles. The second kappa shape index (κ2) is 8.41. The molecule has 5 rings (SSSR count). The zero-order chi connectivity index (χ0) is 22.1. The number of hydrogen-bond acceptors (Lipinski definition) is 5. The second-order valence-electron chi connectivity index (χ2n) is 8.25. The number of anilines is 2. The van der Waals surface area contributed by atoms with E-state index in [0.29, 0.717) is 28.3 Å². The summed E-state index contributed by atoms with van der Waals surface area (Å²) < 4.78 is 16.1. The first-order valence-corrected chi connectivity index (χ1v) is 10.7. The van der Waals surface area contributed by atoms with E-state index < -0.39 is 0 Å². The summed E-state index contributed by atoms with van der Waals surface area (Å²) in [6.45, 7) is 0.162. The Morgan fingerprint density at radius 2 is 2.06 bits per heavy atom.